The molecule has 3 nitrogen and oxygen atoms in total. The van der Waals surface area contributed by atoms with Gasteiger partial charge in [-0.2, -0.15) is 5.26 Å². The number of sulfone groups is 1. The first-order chi connectivity index (χ1) is 8.34. The molecule has 1 aromatic carbocycles. The van der Waals surface area contributed by atoms with Gasteiger partial charge >= 0.3 is 0 Å². The van der Waals surface area contributed by atoms with E-state index in [-0.39, 0.29) is 5.75 Å². The average molecular weight is 263 g/mol. The van der Waals surface area contributed by atoms with Crippen LogP contribution in [0.4, 0.5) is 0 Å². The molecule has 1 aliphatic rings. The molecule has 0 bridgehead atoms. The van der Waals surface area contributed by atoms with Crippen LogP contribution in [-0.4, -0.2) is 14.2 Å². The zero-order valence-electron chi connectivity index (χ0n) is 10.7. The summed E-state index contributed by atoms with van der Waals surface area (Å²) < 4.78 is 23.7. The molecular formula is C14H17NO2S. The molecule has 0 N–H and O–H groups in total. The van der Waals surface area contributed by atoms with Crippen molar-refractivity contribution in [1.82, 2.24) is 0 Å². The summed E-state index contributed by atoms with van der Waals surface area (Å²) in [6, 6.07) is 7.75. The summed E-state index contributed by atoms with van der Waals surface area (Å²) in [5, 5.41) is 9.03. The SMILES string of the molecule is CC(C)(C#N)Cc1ccc2c(c1)CCCS2(=O)=O. The Hall–Kier alpha value is -1.34. The third-order valence-corrected chi connectivity index (χ3v) is 5.16. The zero-order chi connectivity index (χ0) is 13.4. The van der Waals surface area contributed by atoms with E-state index in [1.807, 2.05) is 26.0 Å². The van der Waals surface area contributed by atoms with E-state index >= 15 is 0 Å². The van der Waals surface area contributed by atoms with Crippen LogP contribution in [0.2, 0.25) is 0 Å². The van der Waals surface area contributed by atoms with Crippen LogP contribution in [0.1, 0.15) is 31.4 Å². The van der Waals surface area contributed by atoms with E-state index in [1.54, 1.807) is 6.07 Å². The summed E-state index contributed by atoms with van der Waals surface area (Å²) in [5.41, 5.74) is 1.53. The van der Waals surface area contributed by atoms with E-state index in [4.69, 9.17) is 5.26 Å². The van der Waals surface area contributed by atoms with Crippen LogP contribution < -0.4 is 0 Å². The maximum absolute atomic E-state index is 11.9. The predicted octanol–water partition coefficient (Wildman–Crippen LogP) is 2.50. The predicted molar refractivity (Wildman–Crippen MR) is 69.9 cm³/mol. The van der Waals surface area contributed by atoms with Crippen LogP contribution in [0.5, 0.6) is 0 Å². The monoisotopic (exact) mass is 263 g/mol. The molecule has 0 radical (unpaired) electrons. The second-order valence-electron chi connectivity index (χ2n) is 5.54. The summed E-state index contributed by atoms with van der Waals surface area (Å²) in [6.07, 6.45) is 2.16. The summed E-state index contributed by atoms with van der Waals surface area (Å²) in [5.74, 6) is 0.253. The summed E-state index contributed by atoms with van der Waals surface area (Å²) in [7, 11) is -3.07. The number of aryl methyl sites for hydroxylation is 1. The van der Waals surface area contributed by atoms with Crippen LogP contribution in [0.3, 0.4) is 0 Å². The van der Waals surface area contributed by atoms with Gasteiger partial charge in [0.05, 0.1) is 22.1 Å². The van der Waals surface area contributed by atoms with Gasteiger partial charge in [0.1, 0.15) is 0 Å². The minimum Gasteiger partial charge on any atom is -0.224 e. The van der Waals surface area contributed by atoms with Crippen LogP contribution in [0.15, 0.2) is 23.1 Å². The Bertz CT molecular complexity index is 609. The molecule has 1 aliphatic heterocycles. The van der Waals surface area contributed by atoms with E-state index in [2.05, 4.69) is 6.07 Å². The highest BCUT2D eigenvalue weighted by atomic mass is 32.2. The third kappa shape index (κ3) is 2.56. The smallest absolute Gasteiger partial charge is 0.178 e. The number of nitrogens with zero attached hydrogens (tertiary/aromatic N) is 1. The Labute approximate surface area is 108 Å². The lowest BCUT2D eigenvalue weighted by atomic mass is 9.87. The Kier molecular flexibility index (Phi) is 3.20. The molecule has 1 aromatic rings. The van der Waals surface area contributed by atoms with Gasteiger partial charge in [-0.1, -0.05) is 12.1 Å². The lowest BCUT2D eigenvalue weighted by Crippen LogP contribution is -2.17. The van der Waals surface area contributed by atoms with Crippen LogP contribution in [-0.2, 0) is 22.7 Å². The first-order valence-electron chi connectivity index (χ1n) is 6.10. The van der Waals surface area contributed by atoms with E-state index < -0.39 is 15.3 Å². The molecule has 0 amide bonds. The van der Waals surface area contributed by atoms with Gasteiger partial charge in [0.25, 0.3) is 0 Å². The first kappa shape index (κ1) is 13.1. The minimum absolute atomic E-state index is 0.253. The molecule has 1 heterocycles. The summed E-state index contributed by atoms with van der Waals surface area (Å²) in [6.45, 7) is 3.78. The maximum atomic E-state index is 11.9. The van der Waals surface area contributed by atoms with Gasteiger partial charge in [-0.15, -0.1) is 0 Å². The molecule has 0 atom stereocenters. The van der Waals surface area contributed by atoms with E-state index in [9.17, 15) is 8.42 Å². The number of hydrogen-bond acceptors (Lipinski definition) is 3. The fourth-order valence-corrected chi connectivity index (χ4v) is 3.93. The van der Waals surface area contributed by atoms with Gasteiger partial charge < -0.3 is 0 Å². The van der Waals surface area contributed by atoms with Gasteiger partial charge in [-0.25, -0.2) is 8.42 Å². The van der Waals surface area contributed by atoms with Crippen molar-refractivity contribution < 1.29 is 8.42 Å². The molecule has 18 heavy (non-hydrogen) atoms. The number of fused-ring (bicyclic) bond motifs is 1. The topological polar surface area (TPSA) is 57.9 Å². The maximum Gasteiger partial charge on any atom is 0.178 e. The molecule has 4 heteroatoms. The van der Waals surface area contributed by atoms with Crippen LogP contribution >= 0.6 is 0 Å². The Morgan fingerprint density at radius 1 is 1.39 bits per heavy atom. The normalized spacial score (nSPS) is 17.8. The highest BCUT2D eigenvalue weighted by Crippen LogP contribution is 2.28. The largest absolute Gasteiger partial charge is 0.224 e. The van der Waals surface area contributed by atoms with E-state index in [1.165, 1.54) is 0 Å². The number of rotatable bonds is 2. The molecular weight excluding hydrogens is 246 g/mol. The van der Waals surface area contributed by atoms with Gasteiger partial charge in [0.2, 0.25) is 0 Å². The summed E-state index contributed by atoms with van der Waals surface area (Å²) in [4.78, 5) is 0.479. The average Bonchev–Trinajstić information content (AvgIpc) is 2.28. The van der Waals surface area contributed by atoms with Crippen molar-refractivity contribution in [2.45, 2.75) is 38.0 Å². The molecule has 0 aromatic heterocycles. The summed E-state index contributed by atoms with van der Waals surface area (Å²) >= 11 is 0. The molecule has 0 fully saturated rings. The van der Waals surface area contributed by atoms with Crippen molar-refractivity contribution in [3.05, 3.63) is 29.3 Å². The van der Waals surface area contributed by atoms with Crippen LogP contribution in [0, 0.1) is 16.7 Å². The molecule has 96 valence electrons. The molecule has 0 unspecified atom stereocenters. The van der Waals surface area contributed by atoms with Gasteiger partial charge in [0, 0.05) is 0 Å². The number of nitriles is 1. The quantitative estimate of drug-likeness (QED) is 0.823. The van der Waals surface area contributed by atoms with Crippen molar-refractivity contribution in [1.29, 1.82) is 5.26 Å². The lowest BCUT2D eigenvalue weighted by molar-refractivity contribution is 0.493. The third-order valence-electron chi connectivity index (χ3n) is 3.27. The number of benzene rings is 1. The Balaban J connectivity index is 2.38. The molecule has 0 saturated heterocycles. The van der Waals surface area contributed by atoms with Crippen molar-refractivity contribution in [3.63, 3.8) is 0 Å². The molecule has 0 aliphatic carbocycles. The Morgan fingerprint density at radius 2 is 2.11 bits per heavy atom. The second-order valence-corrected chi connectivity index (χ2v) is 7.61. The van der Waals surface area contributed by atoms with Gasteiger partial charge in [-0.05, 0) is 50.3 Å². The van der Waals surface area contributed by atoms with Gasteiger partial charge in [0.15, 0.2) is 9.84 Å². The van der Waals surface area contributed by atoms with Gasteiger partial charge in [-0.3, -0.25) is 0 Å². The fourth-order valence-electron chi connectivity index (χ4n) is 2.35. The van der Waals surface area contributed by atoms with Crippen molar-refractivity contribution in [2.75, 3.05) is 5.75 Å². The highest BCUT2D eigenvalue weighted by Gasteiger charge is 2.24. The van der Waals surface area contributed by atoms with Crippen molar-refractivity contribution in [2.24, 2.45) is 5.41 Å². The highest BCUT2D eigenvalue weighted by molar-refractivity contribution is 7.91. The molecule has 0 saturated carbocycles. The van der Waals surface area contributed by atoms with Crippen molar-refractivity contribution in [3.8, 4) is 6.07 Å². The van der Waals surface area contributed by atoms with E-state index in [0.29, 0.717) is 17.7 Å². The first-order valence-corrected chi connectivity index (χ1v) is 7.75. The second kappa shape index (κ2) is 4.40. The standard InChI is InChI=1S/C14H17NO2S/c1-14(2,10-15)9-11-5-6-13-12(8-11)4-3-7-18(13,16)17/h5-6,8H,3-4,7,9H2,1-2H3. The Morgan fingerprint density at radius 3 is 2.78 bits per heavy atom. The fraction of sp³-hybridized carbons (Fsp3) is 0.500. The molecule has 2 rings (SSSR count). The minimum atomic E-state index is -3.07. The van der Waals surface area contributed by atoms with Crippen molar-refractivity contribution >= 4 is 9.84 Å². The number of hydrogen-bond donors (Lipinski definition) is 0. The van der Waals surface area contributed by atoms with E-state index in [0.717, 1.165) is 17.5 Å². The zero-order valence-corrected chi connectivity index (χ0v) is 11.5. The van der Waals surface area contributed by atoms with Crippen LogP contribution in [0.25, 0.3) is 0 Å². The lowest BCUT2D eigenvalue weighted by Gasteiger charge is -2.19. The molecule has 0 spiro atoms.